The van der Waals surface area contributed by atoms with E-state index in [-0.39, 0.29) is 13.0 Å². The van der Waals surface area contributed by atoms with Crippen LogP contribution in [0, 0.1) is 6.92 Å². The molecule has 0 radical (unpaired) electrons. The molecule has 0 fully saturated rings. The molecule has 1 atom stereocenters. The van der Waals surface area contributed by atoms with E-state index in [0.29, 0.717) is 12.0 Å². The minimum Gasteiger partial charge on any atom is -0.396 e. The van der Waals surface area contributed by atoms with Crippen molar-refractivity contribution >= 4 is 0 Å². The molecule has 1 heterocycles. The highest BCUT2D eigenvalue weighted by molar-refractivity contribution is 5.01. The zero-order valence-electron chi connectivity index (χ0n) is 8.43. The van der Waals surface area contributed by atoms with E-state index in [9.17, 15) is 14.7 Å². The van der Waals surface area contributed by atoms with Gasteiger partial charge in [0.1, 0.15) is 6.23 Å². The quantitative estimate of drug-likeness (QED) is 0.605. The van der Waals surface area contributed by atoms with Gasteiger partial charge in [0.05, 0.1) is 0 Å². The fraction of sp³-hybridized carbons (Fsp3) is 0.556. The van der Waals surface area contributed by atoms with Gasteiger partial charge in [0, 0.05) is 18.4 Å². The maximum atomic E-state index is 11.3. The Morgan fingerprint density at radius 1 is 1.53 bits per heavy atom. The molecule has 1 unspecified atom stereocenters. The lowest BCUT2D eigenvalue weighted by Crippen LogP contribution is -2.33. The smallest absolute Gasteiger partial charge is 0.330 e. The van der Waals surface area contributed by atoms with Gasteiger partial charge in [-0.1, -0.05) is 0 Å². The van der Waals surface area contributed by atoms with Crippen LogP contribution in [0.5, 0.6) is 0 Å². The second kappa shape index (κ2) is 4.90. The molecule has 1 aromatic rings. The molecule has 0 aliphatic heterocycles. The summed E-state index contributed by atoms with van der Waals surface area (Å²) in [6.07, 6.45) is 0.955. The molecule has 84 valence electrons. The molecule has 3 N–H and O–H groups in total. The van der Waals surface area contributed by atoms with Crippen LogP contribution in [0.15, 0.2) is 15.8 Å². The lowest BCUT2D eigenvalue weighted by atomic mass is 10.3. The molecule has 0 aromatic carbocycles. The normalized spacial score (nSPS) is 12.7. The van der Waals surface area contributed by atoms with E-state index >= 15 is 0 Å². The van der Waals surface area contributed by atoms with E-state index < -0.39 is 17.5 Å². The van der Waals surface area contributed by atoms with E-state index in [1.54, 1.807) is 6.92 Å². The average molecular weight is 214 g/mol. The van der Waals surface area contributed by atoms with E-state index in [1.807, 2.05) is 0 Å². The summed E-state index contributed by atoms with van der Waals surface area (Å²) in [7, 11) is 0. The van der Waals surface area contributed by atoms with Crippen molar-refractivity contribution in [3.05, 3.63) is 32.6 Å². The lowest BCUT2D eigenvalue weighted by molar-refractivity contribution is 0.0801. The third-order valence-electron chi connectivity index (χ3n) is 2.09. The van der Waals surface area contributed by atoms with Crippen LogP contribution in [-0.2, 0) is 0 Å². The third kappa shape index (κ3) is 2.77. The first-order chi connectivity index (χ1) is 7.06. The number of aryl methyl sites for hydroxylation is 1. The molecule has 0 saturated carbocycles. The third-order valence-corrected chi connectivity index (χ3v) is 2.09. The van der Waals surface area contributed by atoms with Crippen molar-refractivity contribution in [2.24, 2.45) is 0 Å². The van der Waals surface area contributed by atoms with Crippen molar-refractivity contribution in [1.82, 2.24) is 9.55 Å². The number of hydrogen-bond acceptors (Lipinski definition) is 4. The monoisotopic (exact) mass is 214 g/mol. The fourth-order valence-corrected chi connectivity index (χ4v) is 1.22. The molecule has 6 nitrogen and oxygen atoms in total. The van der Waals surface area contributed by atoms with Gasteiger partial charge in [0.25, 0.3) is 5.56 Å². The summed E-state index contributed by atoms with van der Waals surface area (Å²) in [5.41, 5.74) is -0.737. The Labute approximate surface area is 85.8 Å². The minimum atomic E-state index is -1.01. The molecule has 0 aliphatic carbocycles. The number of H-pyrrole nitrogens is 1. The van der Waals surface area contributed by atoms with Gasteiger partial charge >= 0.3 is 5.69 Å². The van der Waals surface area contributed by atoms with Crippen molar-refractivity contribution < 1.29 is 10.2 Å². The van der Waals surface area contributed by atoms with E-state index in [1.165, 1.54) is 6.20 Å². The highest BCUT2D eigenvalue weighted by atomic mass is 16.3. The fourth-order valence-electron chi connectivity index (χ4n) is 1.22. The van der Waals surface area contributed by atoms with Crippen LogP contribution >= 0.6 is 0 Å². The largest absolute Gasteiger partial charge is 0.396 e. The number of nitrogens with one attached hydrogen (secondary N) is 1. The lowest BCUT2D eigenvalue weighted by Gasteiger charge is -2.12. The van der Waals surface area contributed by atoms with Crippen LogP contribution in [0.1, 0.15) is 24.6 Å². The summed E-state index contributed by atoms with van der Waals surface area (Å²) >= 11 is 0. The second-order valence-electron chi connectivity index (χ2n) is 3.33. The topological polar surface area (TPSA) is 95.3 Å². The number of aliphatic hydroxyl groups excluding tert-OH is 2. The van der Waals surface area contributed by atoms with Crippen molar-refractivity contribution in [3.8, 4) is 0 Å². The van der Waals surface area contributed by atoms with E-state index in [2.05, 4.69) is 4.98 Å². The Hall–Kier alpha value is -1.40. The van der Waals surface area contributed by atoms with Gasteiger partial charge in [-0.25, -0.2) is 4.79 Å². The Morgan fingerprint density at radius 2 is 2.20 bits per heavy atom. The van der Waals surface area contributed by atoms with Crippen molar-refractivity contribution in [2.45, 2.75) is 26.0 Å². The maximum Gasteiger partial charge on any atom is 0.330 e. The van der Waals surface area contributed by atoms with Gasteiger partial charge in [-0.2, -0.15) is 0 Å². The van der Waals surface area contributed by atoms with Gasteiger partial charge in [-0.15, -0.1) is 0 Å². The number of aromatic amines is 1. The number of aliphatic hydroxyl groups is 2. The van der Waals surface area contributed by atoms with Crippen LogP contribution < -0.4 is 11.2 Å². The van der Waals surface area contributed by atoms with E-state index in [4.69, 9.17) is 5.11 Å². The van der Waals surface area contributed by atoms with Gasteiger partial charge in [-0.05, 0) is 19.8 Å². The van der Waals surface area contributed by atoms with Crippen LogP contribution in [-0.4, -0.2) is 26.4 Å². The first kappa shape index (κ1) is 11.7. The van der Waals surface area contributed by atoms with Crippen molar-refractivity contribution in [3.63, 3.8) is 0 Å². The molecule has 6 heteroatoms. The van der Waals surface area contributed by atoms with Crippen LogP contribution in [0.2, 0.25) is 0 Å². The number of nitrogens with zero attached hydrogens (tertiary/aromatic N) is 1. The summed E-state index contributed by atoms with van der Waals surface area (Å²) in [4.78, 5) is 24.4. The summed E-state index contributed by atoms with van der Waals surface area (Å²) in [5, 5.41) is 18.2. The molecule has 0 bridgehead atoms. The summed E-state index contributed by atoms with van der Waals surface area (Å²) in [6.45, 7) is 1.50. The zero-order chi connectivity index (χ0) is 11.4. The van der Waals surface area contributed by atoms with Crippen molar-refractivity contribution in [1.29, 1.82) is 0 Å². The van der Waals surface area contributed by atoms with Crippen LogP contribution in [0.4, 0.5) is 0 Å². The Morgan fingerprint density at radius 3 is 2.80 bits per heavy atom. The highest BCUT2D eigenvalue weighted by Crippen LogP contribution is 2.06. The first-order valence-corrected chi connectivity index (χ1v) is 4.67. The standard InChI is InChI=1S/C9H14N2O4/c1-6-5-11(7(13)3-2-4-12)9(15)10-8(6)14/h5,7,12-13H,2-4H2,1H3,(H,10,14,15). The average Bonchev–Trinajstić information content (AvgIpc) is 2.20. The van der Waals surface area contributed by atoms with Crippen LogP contribution in [0.3, 0.4) is 0 Å². The molecule has 0 amide bonds. The molecule has 0 spiro atoms. The second-order valence-corrected chi connectivity index (χ2v) is 3.33. The molecular weight excluding hydrogens is 200 g/mol. The zero-order valence-corrected chi connectivity index (χ0v) is 8.43. The Bertz CT molecular complexity index is 434. The molecular formula is C9H14N2O4. The van der Waals surface area contributed by atoms with Gasteiger partial charge in [0.15, 0.2) is 0 Å². The Kier molecular flexibility index (Phi) is 3.81. The molecule has 1 aromatic heterocycles. The summed E-state index contributed by atoms with van der Waals surface area (Å²) in [5.74, 6) is 0. The van der Waals surface area contributed by atoms with Crippen LogP contribution in [0.25, 0.3) is 0 Å². The van der Waals surface area contributed by atoms with Gasteiger partial charge < -0.3 is 10.2 Å². The predicted octanol–water partition coefficient (Wildman–Crippen LogP) is -0.892. The van der Waals surface area contributed by atoms with Gasteiger partial charge in [-0.3, -0.25) is 14.3 Å². The number of aromatic nitrogens is 2. The predicted molar refractivity (Wildman–Crippen MR) is 53.6 cm³/mol. The summed E-state index contributed by atoms with van der Waals surface area (Å²) < 4.78 is 1.05. The van der Waals surface area contributed by atoms with E-state index in [0.717, 1.165) is 4.57 Å². The minimum absolute atomic E-state index is 0.0475. The number of hydrogen-bond donors (Lipinski definition) is 3. The maximum absolute atomic E-state index is 11.3. The number of rotatable bonds is 4. The molecule has 1 rings (SSSR count). The Balaban J connectivity index is 2.99. The highest BCUT2D eigenvalue weighted by Gasteiger charge is 2.09. The van der Waals surface area contributed by atoms with Gasteiger partial charge in [0.2, 0.25) is 0 Å². The van der Waals surface area contributed by atoms with Crippen molar-refractivity contribution in [2.75, 3.05) is 6.61 Å². The summed E-state index contributed by atoms with van der Waals surface area (Å²) in [6, 6.07) is 0. The molecule has 15 heavy (non-hydrogen) atoms. The molecule has 0 saturated heterocycles. The molecule has 0 aliphatic rings. The SMILES string of the molecule is Cc1cn(C(O)CCCO)c(=O)[nH]c1=O. The first-order valence-electron chi connectivity index (χ1n) is 4.67.